The van der Waals surface area contributed by atoms with E-state index in [4.69, 9.17) is 14.6 Å². The fourth-order valence-corrected chi connectivity index (χ4v) is 8.83. The summed E-state index contributed by atoms with van der Waals surface area (Å²) in [6.45, 7) is 6.18. The van der Waals surface area contributed by atoms with E-state index < -0.39 is 93.4 Å². The van der Waals surface area contributed by atoms with Crippen LogP contribution in [0, 0.1) is 28.6 Å². The summed E-state index contributed by atoms with van der Waals surface area (Å²) in [5, 5.41) is 8.18. The monoisotopic (exact) mass is 598 g/mol. The van der Waals surface area contributed by atoms with Crippen LogP contribution in [0.5, 0.6) is 0 Å². The van der Waals surface area contributed by atoms with E-state index >= 15 is 8.78 Å². The molecule has 4 aliphatic rings. The van der Waals surface area contributed by atoms with Crippen LogP contribution < -0.4 is 0 Å². The lowest BCUT2D eigenvalue weighted by molar-refractivity contribution is -0.235. The third-order valence-electron chi connectivity index (χ3n) is 9.82. The molecule has 3 fully saturated rings. The number of thioether (sulfide) groups is 1. The molecule has 4 rings (SSSR count). The van der Waals surface area contributed by atoms with Gasteiger partial charge in [0, 0.05) is 41.2 Å². The number of hydrogen-bond donors (Lipinski definition) is 1. The molecule has 12 heteroatoms. The van der Waals surface area contributed by atoms with Gasteiger partial charge in [-0.3, -0.25) is 14.4 Å². The average molecular weight is 599 g/mol. The zero-order valence-electron chi connectivity index (χ0n) is 23.2. The van der Waals surface area contributed by atoms with E-state index in [2.05, 4.69) is 0 Å². The molecule has 0 amide bonds. The highest BCUT2D eigenvalue weighted by Crippen LogP contribution is 2.72. The van der Waals surface area contributed by atoms with E-state index in [1.807, 2.05) is 0 Å². The number of aliphatic carboxylic acids is 1. The number of hydrogen-bond acceptors (Lipinski definition) is 8. The highest BCUT2D eigenvalue weighted by Gasteiger charge is 2.79. The van der Waals surface area contributed by atoms with Crippen LogP contribution in [0.3, 0.4) is 0 Å². The molecule has 9 atom stereocenters. The highest BCUT2D eigenvalue weighted by atomic mass is 32.2. The number of ketones is 1. The Kier molecular flexibility index (Phi) is 8.14. The topological polar surface area (TPSA) is 124 Å². The van der Waals surface area contributed by atoms with Gasteiger partial charge in [-0.05, 0) is 61.6 Å². The van der Waals surface area contributed by atoms with E-state index in [9.17, 15) is 28.4 Å². The number of alkyl halides is 3. The number of carbonyl (C=O) groups is 5. The van der Waals surface area contributed by atoms with Gasteiger partial charge < -0.3 is 14.6 Å². The number of carboxylic acids is 1. The predicted molar refractivity (Wildman–Crippen MR) is 142 cm³/mol. The van der Waals surface area contributed by atoms with E-state index in [1.54, 1.807) is 13.8 Å². The van der Waals surface area contributed by atoms with Crippen molar-refractivity contribution in [3.05, 3.63) is 36.0 Å². The van der Waals surface area contributed by atoms with Crippen LogP contribution in [0.1, 0.15) is 53.4 Å². The van der Waals surface area contributed by atoms with Crippen LogP contribution in [0.2, 0.25) is 0 Å². The van der Waals surface area contributed by atoms with Crippen molar-refractivity contribution < 1.29 is 51.7 Å². The van der Waals surface area contributed by atoms with E-state index in [1.165, 1.54) is 19.9 Å². The summed E-state index contributed by atoms with van der Waals surface area (Å²) >= 11 is 0.318. The Morgan fingerprint density at radius 1 is 1.17 bits per heavy atom. The van der Waals surface area contributed by atoms with Gasteiger partial charge in [0.25, 0.3) is 0 Å². The maximum Gasteiger partial charge on any atom is 0.331 e. The second-order valence-electron chi connectivity index (χ2n) is 11.7. The minimum atomic E-state index is -2.50. The molecule has 0 aromatic rings. The van der Waals surface area contributed by atoms with Crippen LogP contribution in [0.25, 0.3) is 0 Å². The minimum Gasteiger partial charge on any atom is -0.478 e. The van der Waals surface area contributed by atoms with Crippen molar-refractivity contribution in [2.24, 2.45) is 28.6 Å². The Bertz CT molecular complexity index is 1260. The van der Waals surface area contributed by atoms with Gasteiger partial charge in [-0.25, -0.2) is 22.8 Å². The summed E-state index contributed by atoms with van der Waals surface area (Å²) in [6.07, 6.45) is 0.393. The fourth-order valence-electron chi connectivity index (χ4n) is 8.04. The average Bonchev–Trinajstić information content (AvgIpc) is 3.12. The first-order chi connectivity index (χ1) is 19.1. The summed E-state index contributed by atoms with van der Waals surface area (Å²) < 4.78 is 59.0. The number of fused-ring (bicyclic) bond motifs is 5. The van der Waals surface area contributed by atoms with Crippen molar-refractivity contribution in [3.63, 3.8) is 0 Å². The van der Waals surface area contributed by atoms with Crippen LogP contribution >= 0.6 is 11.8 Å². The van der Waals surface area contributed by atoms with Crippen LogP contribution in [-0.4, -0.2) is 63.5 Å². The molecule has 41 heavy (non-hydrogen) atoms. The molecule has 0 bridgehead atoms. The third kappa shape index (κ3) is 4.47. The Morgan fingerprint density at radius 2 is 1.85 bits per heavy atom. The van der Waals surface area contributed by atoms with Crippen molar-refractivity contribution >= 4 is 40.6 Å². The minimum absolute atomic E-state index is 0.102. The van der Waals surface area contributed by atoms with E-state index in [-0.39, 0.29) is 24.8 Å². The first-order valence-electron chi connectivity index (χ1n) is 13.5. The summed E-state index contributed by atoms with van der Waals surface area (Å²) in [5.41, 5.74) is -7.71. The summed E-state index contributed by atoms with van der Waals surface area (Å²) in [6, 6.07) is -1.11. The predicted octanol–water partition coefficient (Wildman–Crippen LogP) is 4.62. The molecule has 8 nitrogen and oxygen atoms in total. The lowest BCUT2D eigenvalue weighted by Gasteiger charge is -2.63. The highest BCUT2D eigenvalue weighted by molar-refractivity contribution is 8.13. The Labute approximate surface area is 239 Å². The lowest BCUT2D eigenvalue weighted by Crippen LogP contribution is -2.71. The Morgan fingerprint density at radius 3 is 2.46 bits per heavy atom. The fraction of sp³-hybridized carbons (Fsp3) is 0.621. The molecule has 224 valence electrons. The van der Waals surface area contributed by atoms with Crippen LogP contribution in [0.4, 0.5) is 13.2 Å². The summed E-state index contributed by atoms with van der Waals surface area (Å²) in [7, 11) is 0. The van der Waals surface area contributed by atoms with Crippen molar-refractivity contribution in [2.45, 2.75) is 76.9 Å². The van der Waals surface area contributed by atoms with Gasteiger partial charge in [0.1, 0.15) is 18.3 Å². The maximum atomic E-state index is 18.1. The molecule has 0 spiro atoms. The second kappa shape index (κ2) is 10.7. The normalized spacial score (nSPS) is 41.2. The SMILES string of the molecule is CCC(=O)O[C@]1(C(=O)SCF)[C@H](C)C[C@H]2[C@@H]3C[C@H](F)C4=CC(=O)C=C[C@]4(C)[C@@]3(F)[C@@H](OC(=O)C=CC(=O)O)C[C@@]21C. The number of rotatable bonds is 7. The van der Waals surface area contributed by atoms with Gasteiger partial charge in [-0.1, -0.05) is 26.8 Å². The molecule has 0 aliphatic heterocycles. The first-order valence-corrected chi connectivity index (χ1v) is 14.5. The van der Waals surface area contributed by atoms with Gasteiger partial charge in [0.15, 0.2) is 17.1 Å². The quantitative estimate of drug-likeness (QED) is 0.330. The number of carbonyl (C=O) groups excluding carboxylic acids is 4. The number of halogens is 3. The van der Waals surface area contributed by atoms with Crippen molar-refractivity contribution in [1.29, 1.82) is 0 Å². The number of esters is 2. The molecular weight excluding hydrogens is 565 g/mol. The molecule has 1 N–H and O–H groups in total. The summed E-state index contributed by atoms with van der Waals surface area (Å²) in [5.74, 6) is -6.58. The van der Waals surface area contributed by atoms with Gasteiger partial charge in [-0.15, -0.1) is 0 Å². The number of allylic oxidation sites excluding steroid dienone is 4. The molecule has 3 saturated carbocycles. The molecule has 0 aromatic carbocycles. The Balaban J connectivity index is 1.94. The number of carboxylic acid groups (broad SMARTS) is 1. The maximum absolute atomic E-state index is 18.1. The zero-order valence-corrected chi connectivity index (χ0v) is 24.0. The van der Waals surface area contributed by atoms with Crippen molar-refractivity contribution in [2.75, 3.05) is 6.01 Å². The smallest absolute Gasteiger partial charge is 0.331 e. The molecule has 0 radical (unpaired) electrons. The van der Waals surface area contributed by atoms with E-state index in [0.29, 0.717) is 23.9 Å². The van der Waals surface area contributed by atoms with Crippen LogP contribution in [-0.2, 0) is 33.4 Å². The van der Waals surface area contributed by atoms with Gasteiger partial charge in [-0.2, -0.15) is 0 Å². The van der Waals surface area contributed by atoms with Crippen molar-refractivity contribution in [1.82, 2.24) is 0 Å². The van der Waals surface area contributed by atoms with Gasteiger partial charge in [0.2, 0.25) is 5.12 Å². The van der Waals surface area contributed by atoms with Crippen molar-refractivity contribution in [3.8, 4) is 0 Å². The Hall–Kier alpha value is -2.89. The summed E-state index contributed by atoms with van der Waals surface area (Å²) in [4.78, 5) is 62.4. The first kappa shape index (κ1) is 31.1. The van der Waals surface area contributed by atoms with Crippen LogP contribution in [0.15, 0.2) is 36.0 Å². The molecule has 0 saturated heterocycles. The molecule has 4 aliphatic carbocycles. The molecule has 0 unspecified atom stereocenters. The third-order valence-corrected chi connectivity index (χ3v) is 10.5. The number of ether oxygens (including phenoxy) is 2. The molecule has 0 heterocycles. The molecular formula is C29H33F3O8S. The standard InChI is InChI=1S/C29H33F3O8S/c1-5-23(36)40-29(25(38)41-14-30)15(2)10-17-18-12-20(31)19-11-16(33)8-9-26(19,3)28(18,32)21(13-27(17,29)4)39-24(37)7-6-22(34)35/h6-9,11,15,17-18,20-21H,5,10,12-14H2,1-4H3,(H,34,35)/t15-,17+,18+,20+,21+,26+,27+,28+,29+/m1/s1. The lowest BCUT2D eigenvalue weighted by atomic mass is 9.44. The largest absolute Gasteiger partial charge is 0.478 e. The zero-order chi connectivity index (χ0) is 30.5. The molecule has 0 aromatic heterocycles. The second-order valence-corrected chi connectivity index (χ2v) is 12.6. The van der Waals surface area contributed by atoms with E-state index in [0.717, 1.165) is 12.2 Å². The van der Waals surface area contributed by atoms with Gasteiger partial charge >= 0.3 is 17.9 Å². The van der Waals surface area contributed by atoms with Gasteiger partial charge in [0.05, 0.1) is 0 Å².